The largest absolute Gasteiger partial charge is 0.463 e. The number of piperidine rings is 1. The van der Waals surface area contributed by atoms with Crippen LogP contribution in [0.4, 0.5) is 0 Å². The van der Waals surface area contributed by atoms with Gasteiger partial charge in [0.25, 0.3) is 0 Å². The van der Waals surface area contributed by atoms with Gasteiger partial charge in [0.1, 0.15) is 6.10 Å². The molecule has 2 N–H and O–H groups in total. The third-order valence-corrected chi connectivity index (χ3v) is 4.47. The first kappa shape index (κ1) is 23.3. The van der Waals surface area contributed by atoms with Crippen LogP contribution in [0.15, 0.2) is 24.3 Å². The lowest BCUT2D eigenvalue weighted by molar-refractivity contribution is -0.259. The highest BCUT2D eigenvalue weighted by atomic mass is 16.5. The van der Waals surface area contributed by atoms with E-state index in [1.165, 1.54) is 17.2 Å². The van der Waals surface area contributed by atoms with E-state index in [1.807, 2.05) is 27.7 Å². The first-order valence-electron chi connectivity index (χ1n) is 9.34. The number of aliphatic hydroxyl groups excluding tert-OH is 1. The van der Waals surface area contributed by atoms with Crippen LogP contribution < -0.4 is 0 Å². The Morgan fingerprint density at radius 3 is 2.33 bits per heavy atom. The Morgan fingerprint density at radius 1 is 1.19 bits per heavy atom. The number of carbonyl (C=O) groups is 2. The van der Waals surface area contributed by atoms with Crippen molar-refractivity contribution in [3.63, 3.8) is 0 Å². The van der Waals surface area contributed by atoms with Crippen LogP contribution >= 0.6 is 0 Å². The van der Waals surface area contributed by atoms with Crippen LogP contribution in [0.5, 0.6) is 0 Å². The van der Waals surface area contributed by atoms with Gasteiger partial charge in [0, 0.05) is 30.0 Å². The second-order valence-corrected chi connectivity index (χ2v) is 8.05. The molecule has 1 atom stereocenters. The van der Waals surface area contributed by atoms with Crippen molar-refractivity contribution in [3.05, 3.63) is 24.3 Å². The highest BCUT2D eigenvalue weighted by Crippen LogP contribution is 2.37. The van der Waals surface area contributed by atoms with E-state index in [9.17, 15) is 19.9 Å². The average molecular weight is 383 g/mol. The molecule has 0 aromatic heterocycles. The van der Waals surface area contributed by atoms with Gasteiger partial charge in [0.2, 0.25) is 0 Å². The summed E-state index contributed by atoms with van der Waals surface area (Å²) in [6.07, 6.45) is 6.28. The molecule has 0 amide bonds. The topological polar surface area (TPSA) is 96.3 Å². The molecule has 1 heterocycles. The summed E-state index contributed by atoms with van der Waals surface area (Å²) in [6.45, 7) is 9.66. The zero-order valence-electron chi connectivity index (χ0n) is 17.0. The summed E-state index contributed by atoms with van der Waals surface area (Å²) in [7, 11) is 0. The third-order valence-electron chi connectivity index (χ3n) is 4.47. The Kier molecular flexibility index (Phi) is 8.65. The Hall–Kier alpha value is -1.70. The molecule has 27 heavy (non-hydrogen) atoms. The summed E-state index contributed by atoms with van der Waals surface area (Å²) in [4.78, 5) is 23.2. The van der Waals surface area contributed by atoms with Gasteiger partial charge in [-0.15, -0.1) is 0 Å². The summed E-state index contributed by atoms with van der Waals surface area (Å²) in [5.41, 5.74) is -0.949. The predicted molar refractivity (Wildman–Crippen MR) is 101 cm³/mol. The van der Waals surface area contributed by atoms with Crippen molar-refractivity contribution in [3.8, 4) is 0 Å². The van der Waals surface area contributed by atoms with E-state index >= 15 is 0 Å². The fourth-order valence-electron chi connectivity index (χ4n) is 3.37. The number of nitrogens with zero attached hydrogens (tertiary/aromatic N) is 1. The molecule has 7 heteroatoms. The number of hydrogen-bond donors (Lipinski definition) is 2. The minimum atomic E-state index is -0.822. The fourth-order valence-corrected chi connectivity index (χ4v) is 3.37. The minimum Gasteiger partial charge on any atom is -0.463 e. The third kappa shape index (κ3) is 7.82. The molecule has 0 aromatic carbocycles. The summed E-state index contributed by atoms with van der Waals surface area (Å²) >= 11 is 0. The van der Waals surface area contributed by atoms with Gasteiger partial charge in [-0.25, -0.2) is 4.79 Å². The second-order valence-electron chi connectivity index (χ2n) is 8.05. The van der Waals surface area contributed by atoms with Gasteiger partial charge in [-0.1, -0.05) is 12.2 Å². The quantitative estimate of drug-likeness (QED) is 0.378. The van der Waals surface area contributed by atoms with Gasteiger partial charge < -0.3 is 19.8 Å². The lowest BCUT2D eigenvalue weighted by Gasteiger charge is -2.50. The molecule has 0 saturated carbocycles. The molecule has 0 aliphatic carbocycles. The van der Waals surface area contributed by atoms with E-state index < -0.39 is 23.2 Å². The van der Waals surface area contributed by atoms with Crippen molar-refractivity contribution in [1.82, 2.24) is 5.06 Å². The van der Waals surface area contributed by atoms with Crippen LogP contribution in [0.1, 0.15) is 60.3 Å². The summed E-state index contributed by atoms with van der Waals surface area (Å²) in [5.74, 6) is -0.838. The molecule has 0 spiro atoms. The highest BCUT2D eigenvalue weighted by molar-refractivity contribution is 5.81. The van der Waals surface area contributed by atoms with Crippen LogP contribution in [0.2, 0.25) is 0 Å². The van der Waals surface area contributed by atoms with Gasteiger partial charge in [0.05, 0.1) is 19.1 Å². The molecule has 0 aromatic rings. The lowest BCUT2D eigenvalue weighted by Crippen LogP contribution is -2.60. The molecule has 7 nitrogen and oxygen atoms in total. The zero-order valence-corrected chi connectivity index (χ0v) is 17.0. The molecule has 154 valence electrons. The van der Waals surface area contributed by atoms with Crippen molar-refractivity contribution in [2.75, 3.05) is 6.61 Å². The predicted octanol–water partition coefficient (Wildman–Crippen LogP) is 2.76. The number of hydrogen-bond acceptors (Lipinski definition) is 7. The Morgan fingerprint density at radius 2 is 1.78 bits per heavy atom. The molecule has 0 radical (unpaired) electrons. The van der Waals surface area contributed by atoms with Gasteiger partial charge in [-0.05, 0) is 47.1 Å². The van der Waals surface area contributed by atoms with E-state index in [2.05, 4.69) is 0 Å². The minimum absolute atomic E-state index is 0.106. The van der Waals surface area contributed by atoms with E-state index in [0.717, 1.165) is 0 Å². The number of ether oxygens (including phenoxy) is 2. The number of rotatable bonds is 8. The average Bonchev–Trinajstić information content (AvgIpc) is 2.54. The first-order chi connectivity index (χ1) is 12.5. The first-order valence-corrected chi connectivity index (χ1v) is 9.34. The van der Waals surface area contributed by atoms with E-state index in [0.29, 0.717) is 12.8 Å². The second kappa shape index (κ2) is 10.0. The van der Waals surface area contributed by atoms with Crippen LogP contribution in [0.3, 0.4) is 0 Å². The summed E-state index contributed by atoms with van der Waals surface area (Å²) in [6, 6.07) is 0. The molecule has 1 saturated heterocycles. The van der Waals surface area contributed by atoms with E-state index in [-0.39, 0.29) is 31.5 Å². The zero-order chi connectivity index (χ0) is 20.7. The highest BCUT2D eigenvalue weighted by Gasteiger charge is 2.46. The lowest BCUT2D eigenvalue weighted by atomic mass is 9.80. The monoisotopic (exact) mass is 383 g/mol. The molecule has 1 aliphatic rings. The number of esters is 2. The van der Waals surface area contributed by atoms with Crippen molar-refractivity contribution in [1.29, 1.82) is 0 Å². The van der Waals surface area contributed by atoms with Crippen LogP contribution in [-0.4, -0.2) is 57.2 Å². The summed E-state index contributed by atoms with van der Waals surface area (Å²) < 4.78 is 10.3. The number of aliphatic hydroxyl groups is 1. The van der Waals surface area contributed by atoms with Gasteiger partial charge in [-0.2, -0.15) is 5.06 Å². The van der Waals surface area contributed by atoms with Gasteiger partial charge in [0.15, 0.2) is 0 Å². The molecular formula is C20H33NO6. The van der Waals surface area contributed by atoms with E-state index in [1.54, 1.807) is 19.1 Å². The maximum atomic E-state index is 12.1. The Balaban J connectivity index is 2.40. The van der Waals surface area contributed by atoms with Crippen molar-refractivity contribution in [2.45, 2.75) is 83.6 Å². The molecule has 1 fully saturated rings. The molecule has 1 rings (SSSR count). The number of hydroxylamine groups is 2. The van der Waals surface area contributed by atoms with Crippen LogP contribution in [-0.2, 0) is 19.1 Å². The summed E-state index contributed by atoms with van der Waals surface area (Å²) in [5, 5.41) is 21.4. The number of carbonyl (C=O) groups excluding carboxylic acids is 2. The maximum absolute atomic E-state index is 12.1. The molecular weight excluding hydrogens is 350 g/mol. The SMILES string of the molecule is CCOC(=O)C=CC(O)CC=CCC(=O)OC1CC(C)(C)N(O)C(C)(C)C1. The van der Waals surface area contributed by atoms with Crippen molar-refractivity contribution in [2.24, 2.45) is 0 Å². The normalized spacial score (nSPS) is 21.4. The molecule has 1 aliphatic heterocycles. The van der Waals surface area contributed by atoms with Gasteiger partial charge >= 0.3 is 11.9 Å². The van der Waals surface area contributed by atoms with Crippen LogP contribution in [0, 0.1) is 0 Å². The maximum Gasteiger partial charge on any atom is 0.330 e. The van der Waals surface area contributed by atoms with Gasteiger partial charge in [-0.3, -0.25) is 4.79 Å². The van der Waals surface area contributed by atoms with E-state index in [4.69, 9.17) is 9.47 Å². The Labute approximate surface area is 161 Å². The van der Waals surface area contributed by atoms with Crippen LogP contribution in [0.25, 0.3) is 0 Å². The Bertz CT molecular complexity index is 549. The fraction of sp³-hybridized carbons (Fsp3) is 0.700. The van der Waals surface area contributed by atoms with Crippen molar-refractivity contribution < 1.29 is 29.4 Å². The molecule has 1 unspecified atom stereocenters. The van der Waals surface area contributed by atoms with Crippen molar-refractivity contribution >= 4 is 11.9 Å². The molecule has 0 bridgehead atoms. The smallest absolute Gasteiger partial charge is 0.330 e. The standard InChI is InChI=1S/C20H33NO6/c1-6-26-17(23)12-11-15(22)9-7-8-10-18(24)27-16-13-19(2,3)21(25)20(4,5)14-16/h7-8,11-12,15-16,22,25H,6,9-10,13-14H2,1-5H3.